The maximum atomic E-state index is 13.0. The maximum Gasteiger partial charge on any atom is 0.340 e. The fourth-order valence-electron chi connectivity index (χ4n) is 3.54. The molecule has 1 aromatic heterocycles. The molecule has 172 valence electrons. The Bertz CT molecular complexity index is 1170. The predicted molar refractivity (Wildman–Crippen MR) is 121 cm³/mol. The molecule has 1 aliphatic carbocycles. The van der Waals surface area contributed by atoms with E-state index in [4.69, 9.17) is 18.6 Å². The lowest BCUT2D eigenvalue weighted by atomic mass is 10.1. The lowest BCUT2D eigenvalue weighted by molar-refractivity contribution is -0.117. The van der Waals surface area contributed by atoms with E-state index in [-0.39, 0.29) is 24.0 Å². The van der Waals surface area contributed by atoms with Crippen molar-refractivity contribution >= 4 is 17.6 Å². The Kier molecular flexibility index (Phi) is 6.35. The first-order valence-electron chi connectivity index (χ1n) is 10.7. The lowest BCUT2D eigenvalue weighted by Crippen LogP contribution is -2.18. The monoisotopic (exact) mass is 450 g/mol. The van der Waals surface area contributed by atoms with E-state index in [9.17, 15) is 9.59 Å². The lowest BCUT2D eigenvalue weighted by Gasteiger charge is -2.15. The molecule has 4 rings (SSSR count). The van der Waals surface area contributed by atoms with Gasteiger partial charge in [-0.15, -0.1) is 0 Å². The van der Waals surface area contributed by atoms with Gasteiger partial charge >= 0.3 is 5.97 Å². The second kappa shape index (κ2) is 9.36. The van der Waals surface area contributed by atoms with Crippen molar-refractivity contribution < 1.29 is 28.2 Å². The minimum Gasteiger partial charge on any atom is -0.493 e. The van der Waals surface area contributed by atoms with Crippen LogP contribution in [0.2, 0.25) is 0 Å². The van der Waals surface area contributed by atoms with Gasteiger partial charge < -0.3 is 23.9 Å². The Morgan fingerprint density at radius 3 is 2.42 bits per heavy atom. The zero-order valence-electron chi connectivity index (χ0n) is 19.0. The molecule has 1 amide bonds. The summed E-state index contributed by atoms with van der Waals surface area (Å²) in [5, 5.41) is 2.84. The molecule has 3 aromatic rings. The number of nitrogens with one attached hydrogen (secondary N) is 1. The highest BCUT2D eigenvalue weighted by Crippen LogP contribution is 2.40. The van der Waals surface area contributed by atoms with E-state index in [0.29, 0.717) is 40.4 Å². The average Bonchev–Trinajstić information content (AvgIpc) is 3.45. The van der Waals surface area contributed by atoms with Crippen molar-refractivity contribution in [3.8, 4) is 23.0 Å². The molecule has 2 atom stereocenters. The number of hydrogen-bond donors (Lipinski definition) is 1. The van der Waals surface area contributed by atoms with Crippen molar-refractivity contribution in [2.24, 2.45) is 11.8 Å². The van der Waals surface area contributed by atoms with Crippen LogP contribution in [0.3, 0.4) is 0 Å². The third-order valence-electron chi connectivity index (χ3n) is 5.70. The highest BCUT2D eigenvalue weighted by Gasteiger charge is 2.39. The van der Waals surface area contributed by atoms with Gasteiger partial charge in [-0.05, 0) is 31.4 Å². The zero-order chi connectivity index (χ0) is 23.5. The third kappa shape index (κ3) is 4.84. The van der Waals surface area contributed by atoms with Crippen molar-refractivity contribution in [3.63, 3.8) is 0 Å². The minimum atomic E-state index is -0.626. The predicted octanol–water partition coefficient (Wildman–Crippen LogP) is 4.62. The number of rotatable bonds is 8. The van der Waals surface area contributed by atoms with Crippen LogP contribution in [-0.4, -0.2) is 31.1 Å². The number of hydrogen-bond acceptors (Lipinski definition) is 7. The molecule has 1 fully saturated rings. The summed E-state index contributed by atoms with van der Waals surface area (Å²) in [4.78, 5) is 30.0. The summed E-state index contributed by atoms with van der Waals surface area (Å²) in [5.41, 5.74) is 1.82. The van der Waals surface area contributed by atoms with Gasteiger partial charge in [-0.1, -0.05) is 25.1 Å². The average molecular weight is 450 g/mol. The molecule has 1 aliphatic rings. The van der Waals surface area contributed by atoms with Crippen LogP contribution < -0.4 is 14.8 Å². The number of benzene rings is 2. The molecule has 1 heterocycles. The van der Waals surface area contributed by atoms with Crippen LogP contribution in [-0.2, 0) is 16.1 Å². The summed E-state index contributed by atoms with van der Waals surface area (Å²) >= 11 is 0. The fraction of sp³-hybridized carbons (Fsp3) is 0.320. The van der Waals surface area contributed by atoms with Crippen LogP contribution in [0.5, 0.6) is 11.5 Å². The molecule has 0 spiro atoms. The van der Waals surface area contributed by atoms with E-state index in [2.05, 4.69) is 10.3 Å². The van der Waals surface area contributed by atoms with Gasteiger partial charge in [-0.25, -0.2) is 9.78 Å². The Morgan fingerprint density at radius 1 is 1.12 bits per heavy atom. The molecular formula is C25H26N2O6. The molecule has 0 aliphatic heterocycles. The van der Waals surface area contributed by atoms with E-state index < -0.39 is 5.97 Å². The van der Waals surface area contributed by atoms with E-state index in [1.807, 2.05) is 37.3 Å². The molecule has 33 heavy (non-hydrogen) atoms. The smallest absolute Gasteiger partial charge is 0.340 e. The fourth-order valence-corrected chi connectivity index (χ4v) is 3.54. The quantitative estimate of drug-likeness (QED) is 0.500. The maximum absolute atomic E-state index is 13.0. The first kappa shape index (κ1) is 22.4. The van der Waals surface area contributed by atoms with Crippen LogP contribution in [0.15, 0.2) is 46.9 Å². The summed E-state index contributed by atoms with van der Waals surface area (Å²) in [7, 11) is 2.96. The van der Waals surface area contributed by atoms with Gasteiger partial charge in [0.2, 0.25) is 11.8 Å². The Balaban J connectivity index is 1.54. The summed E-state index contributed by atoms with van der Waals surface area (Å²) in [5.74, 6) is 1.27. The second-order valence-corrected chi connectivity index (χ2v) is 8.03. The minimum absolute atomic E-state index is 0.0591. The number of carbonyl (C=O) groups excluding carboxylic acids is 2. The van der Waals surface area contributed by atoms with Crippen molar-refractivity contribution in [3.05, 3.63) is 59.5 Å². The number of anilines is 1. The largest absolute Gasteiger partial charge is 0.493 e. The summed E-state index contributed by atoms with van der Waals surface area (Å²) in [6.07, 6.45) is 0.827. The normalized spacial score (nSPS) is 16.7. The molecule has 0 saturated heterocycles. The van der Waals surface area contributed by atoms with Crippen LogP contribution in [0.4, 0.5) is 5.69 Å². The number of amides is 1. The Labute approximate surface area is 191 Å². The molecule has 0 bridgehead atoms. The summed E-state index contributed by atoms with van der Waals surface area (Å²) in [6.45, 7) is 3.70. The summed E-state index contributed by atoms with van der Waals surface area (Å²) < 4.78 is 21.9. The van der Waals surface area contributed by atoms with Crippen LogP contribution in [0.1, 0.15) is 35.2 Å². The first-order valence-corrected chi connectivity index (χ1v) is 10.7. The van der Waals surface area contributed by atoms with Gasteiger partial charge in [0.15, 0.2) is 11.5 Å². The number of nitrogens with zero attached hydrogens (tertiary/aromatic N) is 1. The van der Waals surface area contributed by atoms with Gasteiger partial charge in [0.05, 0.1) is 25.5 Å². The third-order valence-corrected chi connectivity index (χ3v) is 5.70. The number of carbonyl (C=O) groups is 2. The van der Waals surface area contributed by atoms with E-state index >= 15 is 0 Å². The zero-order valence-corrected chi connectivity index (χ0v) is 19.0. The van der Waals surface area contributed by atoms with Crippen LogP contribution in [0, 0.1) is 18.8 Å². The number of aryl methyl sites for hydroxylation is 1. The van der Waals surface area contributed by atoms with Crippen LogP contribution >= 0.6 is 0 Å². The van der Waals surface area contributed by atoms with Crippen molar-refractivity contribution in [2.45, 2.75) is 26.9 Å². The number of oxazole rings is 1. The van der Waals surface area contributed by atoms with Gasteiger partial charge in [-0.3, -0.25) is 4.79 Å². The SMILES string of the molecule is COc1cc(NC(=O)C2CC2C)c(C(=O)OCc2nc(-c3ccccc3)oc2C)cc1OC. The molecule has 1 saturated carbocycles. The van der Waals surface area contributed by atoms with Gasteiger partial charge in [-0.2, -0.15) is 0 Å². The van der Waals surface area contributed by atoms with Crippen molar-refractivity contribution in [1.82, 2.24) is 4.98 Å². The molecule has 1 N–H and O–H groups in total. The van der Waals surface area contributed by atoms with Crippen molar-refractivity contribution in [2.75, 3.05) is 19.5 Å². The van der Waals surface area contributed by atoms with Gasteiger partial charge in [0.25, 0.3) is 0 Å². The number of aromatic nitrogens is 1. The molecular weight excluding hydrogens is 424 g/mol. The molecule has 8 heteroatoms. The highest BCUT2D eigenvalue weighted by atomic mass is 16.5. The second-order valence-electron chi connectivity index (χ2n) is 8.03. The van der Waals surface area contributed by atoms with E-state index in [1.54, 1.807) is 13.0 Å². The van der Waals surface area contributed by atoms with Gasteiger partial charge in [0.1, 0.15) is 18.1 Å². The number of methoxy groups -OCH3 is 2. The molecule has 2 unspecified atom stereocenters. The molecule has 8 nitrogen and oxygen atoms in total. The van der Waals surface area contributed by atoms with E-state index in [1.165, 1.54) is 20.3 Å². The van der Waals surface area contributed by atoms with Gasteiger partial charge in [0, 0.05) is 23.6 Å². The standard InChI is InChI=1S/C25H26N2O6/c1-14-10-17(14)23(28)26-19-12-22(31-4)21(30-3)11-18(19)25(29)32-13-20-15(2)33-24(27-20)16-8-6-5-7-9-16/h5-9,11-12,14,17H,10,13H2,1-4H3,(H,26,28). The topological polar surface area (TPSA) is 99.9 Å². The number of esters is 1. The van der Waals surface area contributed by atoms with E-state index in [0.717, 1.165) is 12.0 Å². The summed E-state index contributed by atoms with van der Waals surface area (Å²) in [6, 6.07) is 12.5. The molecule has 0 radical (unpaired) electrons. The number of ether oxygens (including phenoxy) is 3. The van der Waals surface area contributed by atoms with Crippen molar-refractivity contribution in [1.29, 1.82) is 0 Å². The highest BCUT2D eigenvalue weighted by molar-refractivity contribution is 6.03. The Hall–Kier alpha value is -3.81. The molecule has 2 aromatic carbocycles. The first-order chi connectivity index (χ1) is 15.9. The van der Waals surface area contributed by atoms with Crippen LogP contribution in [0.25, 0.3) is 11.5 Å². The Morgan fingerprint density at radius 2 is 1.79 bits per heavy atom.